The second kappa shape index (κ2) is 9.33. The molecule has 0 radical (unpaired) electrons. The largest absolute Gasteiger partial charge is 0.388 e. The van der Waals surface area contributed by atoms with Crippen LogP contribution in [0.2, 0.25) is 0 Å². The summed E-state index contributed by atoms with van der Waals surface area (Å²) in [5, 5.41) is 3.28. The van der Waals surface area contributed by atoms with E-state index in [-0.39, 0.29) is 0 Å². The standard InChI is InChI=1S/C9H19NS2/c1-3-4-5-6-7-10-9(2)8-12-11/h10-11H,2-8H2,1H3. The van der Waals surface area contributed by atoms with Gasteiger partial charge in [0, 0.05) is 18.0 Å². The van der Waals surface area contributed by atoms with Gasteiger partial charge in [-0.2, -0.15) is 0 Å². The van der Waals surface area contributed by atoms with Gasteiger partial charge in [0.1, 0.15) is 0 Å². The minimum Gasteiger partial charge on any atom is -0.388 e. The lowest BCUT2D eigenvalue weighted by molar-refractivity contribution is 0.637. The Morgan fingerprint density at radius 3 is 2.75 bits per heavy atom. The summed E-state index contributed by atoms with van der Waals surface area (Å²) in [4.78, 5) is 0. The van der Waals surface area contributed by atoms with Gasteiger partial charge in [-0.3, -0.25) is 0 Å². The lowest BCUT2D eigenvalue weighted by Gasteiger charge is -2.06. The van der Waals surface area contributed by atoms with Gasteiger partial charge in [-0.15, -0.1) is 11.7 Å². The van der Waals surface area contributed by atoms with E-state index in [0.29, 0.717) is 0 Å². The summed E-state index contributed by atoms with van der Waals surface area (Å²) in [6, 6.07) is 0. The van der Waals surface area contributed by atoms with E-state index >= 15 is 0 Å². The monoisotopic (exact) mass is 205 g/mol. The quantitative estimate of drug-likeness (QED) is 0.358. The Kier molecular flexibility index (Phi) is 9.52. The van der Waals surface area contributed by atoms with Gasteiger partial charge >= 0.3 is 0 Å². The predicted octanol–water partition coefficient (Wildman–Crippen LogP) is 3.25. The molecule has 0 aromatic heterocycles. The molecule has 0 unspecified atom stereocenters. The molecule has 0 bridgehead atoms. The highest BCUT2D eigenvalue weighted by Crippen LogP contribution is 2.07. The van der Waals surface area contributed by atoms with Crippen LogP contribution < -0.4 is 5.32 Å². The highest BCUT2D eigenvalue weighted by molar-refractivity contribution is 8.68. The van der Waals surface area contributed by atoms with E-state index in [1.807, 2.05) is 0 Å². The average Bonchev–Trinajstić information content (AvgIpc) is 2.05. The van der Waals surface area contributed by atoms with E-state index in [0.717, 1.165) is 18.0 Å². The van der Waals surface area contributed by atoms with Crippen LogP contribution in [0.4, 0.5) is 0 Å². The molecule has 0 saturated heterocycles. The zero-order chi connectivity index (χ0) is 9.23. The Labute approximate surface area is 85.2 Å². The first-order chi connectivity index (χ1) is 5.81. The van der Waals surface area contributed by atoms with Crippen LogP contribution in [-0.4, -0.2) is 12.3 Å². The zero-order valence-corrected chi connectivity index (χ0v) is 9.52. The summed E-state index contributed by atoms with van der Waals surface area (Å²) in [6.07, 6.45) is 5.22. The lowest BCUT2D eigenvalue weighted by atomic mass is 10.2. The second-order valence-electron chi connectivity index (χ2n) is 2.86. The van der Waals surface area contributed by atoms with E-state index in [9.17, 15) is 0 Å². The molecule has 0 amide bonds. The molecule has 0 saturated carbocycles. The fourth-order valence-corrected chi connectivity index (χ4v) is 1.67. The normalized spacial score (nSPS) is 9.83. The summed E-state index contributed by atoms with van der Waals surface area (Å²) in [5.41, 5.74) is 1.09. The van der Waals surface area contributed by atoms with Crippen molar-refractivity contribution >= 4 is 22.5 Å². The van der Waals surface area contributed by atoms with E-state index in [2.05, 4.69) is 30.5 Å². The maximum absolute atomic E-state index is 4.05. The number of unbranched alkanes of at least 4 members (excludes halogenated alkanes) is 3. The molecule has 0 atom stereocenters. The highest BCUT2D eigenvalue weighted by Gasteiger charge is 1.91. The van der Waals surface area contributed by atoms with Gasteiger partial charge in [-0.1, -0.05) is 43.6 Å². The van der Waals surface area contributed by atoms with Crippen LogP contribution in [0.25, 0.3) is 0 Å². The van der Waals surface area contributed by atoms with Gasteiger partial charge in [0.2, 0.25) is 0 Å². The first-order valence-corrected chi connectivity index (χ1v) is 6.53. The number of hydrogen-bond acceptors (Lipinski definition) is 3. The third-order valence-electron chi connectivity index (χ3n) is 1.64. The van der Waals surface area contributed by atoms with Crippen LogP contribution in [0.1, 0.15) is 32.6 Å². The molecule has 0 aromatic carbocycles. The Morgan fingerprint density at radius 1 is 1.42 bits per heavy atom. The van der Waals surface area contributed by atoms with Gasteiger partial charge in [-0.05, 0) is 6.42 Å². The molecule has 1 N–H and O–H groups in total. The molecule has 0 heterocycles. The minimum atomic E-state index is 0.900. The summed E-state index contributed by atoms with van der Waals surface area (Å²) in [7, 11) is 1.51. The first-order valence-electron chi connectivity index (χ1n) is 4.49. The van der Waals surface area contributed by atoms with Crippen molar-refractivity contribution in [1.82, 2.24) is 5.32 Å². The van der Waals surface area contributed by atoms with E-state index < -0.39 is 0 Å². The highest BCUT2D eigenvalue weighted by atomic mass is 33.1. The molecular formula is C9H19NS2. The van der Waals surface area contributed by atoms with Gasteiger partial charge in [-0.25, -0.2) is 0 Å². The van der Waals surface area contributed by atoms with Gasteiger partial charge < -0.3 is 5.32 Å². The van der Waals surface area contributed by atoms with Crippen molar-refractivity contribution in [3.63, 3.8) is 0 Å². The maximum Gasteiger partial charge on any atom is 0.0428 e. The van der Waals surface area contributed by atoms with Gasteiger partial charge in [0.15, 0.2) is 0 Å². The zero-order valence-electron chi connectivity index (χ0n) is 7.81. The summed E-state index contributed by atoms with van der Waals surface area (Å²) < 4.78 is 0. The molecule has 0 aromatic rings. The molecule has 12 heavy (non-hydrogen) atoms. The molecule has 0 aliphatic rings. The molecule has 0 spiro atoms. The molecule has 72 valence electrons. The lowest BCUT2D eigenvalue weighted by Crippen LogP contribution is -2.14. The Bertz CT molecular complexity index is 115. The fourth-order valence-electron chi connectivity index (χ4n) is 0.946. The average molecular weight is 205 g/mol. The smallest absolute Gasteiger partial charge is 0.0428 e. The molecular weight excluding hydrogens is 186 g/mol. The molecule has 0 aliphatic carbocycles. The topological polar surface area (TPSA) is 12.0 Å². The van der Waals surface area contributed by atoms with Crippen LogP contribution in [0, 0.1) is 0 Å². The molecule has 0 fully saturated rings. The Hall–Kier alpha value is 0.240. The summed E-state index contributed by atoms with van der Waals surface area (Å²) in [5.74, 6) is 0.900. The number of hydrogen-bond donors (Lipinski definition) is 2. The van der Waals surface area contributed by atoms with Crippen LogP contribution in [0.5, 0.6) is 0 Å². The Morgan fingerprint density at radius 2 is 2.17 bits per heavy atom. The first kappa shape index (κ1) is 12.2. The van der Waals surface area contributed by atoms with Crippen LogP contribution in [0.15, 0.2) is 12.3 Å². The van der Waals surface area contributed by atoms with Crippen molar-refractivity contribution in [3.8, 4) is 0 Å². The molecule has 0 aliphatic heterocycles. The van der Waals surface area contributed by atoms with Crippen molar-refractivity contribution < 1.29 is 0 Å². The van der Waals surface area contributed by atoms with Crippen LogP contribution in [0.3, 0.4) is 0 Å². The van der Waals surface area contributed by atoms with E-state index in [4.69, 9.17) is 0 Å². The maximum atomic E-state index is 4.05. The third kappa shape index (κ3) is 8.34. The summed E-state index contributed by atoms with van der Waals surface area (Å²) in [6.45, 7) is 7.17. The molecule has 3 heteroatoms. The van der Waals surface area contributed by atoms with Crippen LogP contribution in [-0.2, 0) is 0 Å². The minimum absolute atomic E-state index is 0.900. The van der Waals surface area contributed by atoms with Crippen molar-refractivity contribution in [1.29, 1.82) is 0 Å². The third-order valence-corrected chi connectivity index (χ3v) is 2.51. The van der Waals surface area contributed by atoms with E-state index in [1.165, 1.54) is 36.5 Å². The Balaban J connectivity index is 3.03. The number of rotatable bonds is 8. The van der Waals surface area contributed by atoms with Crippen molar-refractivity contribution in [2.24, 2.45) is 0 Å². The van der Waals surface area contributed by atoms with Gasteiger partial charge in [0.05, 0.1) is 0 Å². The SMILES string of the molecule is C=C(CSS)NCCCCCC. The fraction of sp³-hybridized carbons (Fsp3) is 0.778. The van der Waals surface area contributed by atoms with Crippen LogP contribution >= 0.6 is 22.5 Å². The number of thiol groups is 1. The van der Waals surface area contributed by atoms with Crippen molar-refractivity contribution in [3.05, 3.63) is 12.3 Å². The molecule has 1 nitrogen and oxygen atoms in total. The summed E-state index contributed by atoms with van der Waals surface area (Å²) >= 11 is 4.05. The van der Waals surface area contributed by atoms with Gasteiger partial charge in [0.25, 0.3) is 0 Å². The molecule has 0 rings (SSSR count). The number of nitrogens with one attached hydrogen (secondary N) is 1. The van der Waals surface area contributed by atoms with Crippen molar-refractivity contribution in [2.75, 3.05) is 12.3 Å². The van der Waals surface area contributed by atoms with E-state index in [1.54, 1.807) is 0 Å². The second-order valence-corrected chi connectivity index (χ2v) is 4.19. The predicted molar refractivity (Wildman–Crippen MR) is 62.7 cm³/mol. The van der Waals surface area contributed by atoms with Crippen molar-refractivity contribution in [2.45, 2.75) is 32.6 Å².